The summed E-state index contributed by atoms with van der Waals surface area (Å²) < 4.78 is 18.6. The highest BCUT2D eigenvalue weighted by Crippen LogP contribution is 2.28. The number of amides is 1. The van der Waals surface area contributed by atoms with Gasteiger partial charge >= 0.3 is 0 Å². The van der Waals surface area contributed by atoms with Crippen LogP contribution in [-0.2, 0) is 4.79 Å². The molecule has 0 radical (unpaired) electrons. The molecular formula is C19H20ClFN2O2. The van der Waals surface area contributed by atoms with Gasteiger partial charge in [0.05, 0.1) is 11.2 Å². The van der Waals surface area contributed by atoms with Gasteiger partial charge in [0.15, 0.2) is 6.61 Å². The Balaban J connectivity index is 1.90. The molecule has 0 saturated heterocycles. The second kappa shape index (κ2) is 9.18. The van der Waals surface area contributed by atoms with Gasteiger partial charge in [-0.3, -0.25) is 4.79 Å². The van der Waals surface area contributed by atoms with Gasteiger partial charge in [0.2, 0.25) is 0 Å². The van der Waals surface area contributed by atoms with E-state index in [1.165, 1.54) is 24.4 Å². The normalized spacial score (nSPS) is 12.2. The van der Waals surface area contributed by atoms with Gasteiger partial charge in [-0.15, -0.1) is 0 Å². The molecule has 0 spiro atoms. The van der Waals surface area contributed by atoms with Crippen LogP contribution in [0.25, 0.3) is 0 Å². The third-order valence-electron chi connectivity index (χ3n) is 3.78. The third-order valence-corrected chi connectivity index (χ3v) is 4.10. The molecule has 1 amide bonds. The molecule has 0 aliphatic rings. The molecular weight excluding hydrogens is 343 g/mol. The quantitative estimate of drug-likeness (QED) is 0.581. The number of nitrogens with zero attached hydrogens (tertiary/aromatic N) is 1. The van der Waals surface area contributed by atoms with Crippen LogP contribution in [0, 0.1) is 5.82 Å². The van der Waals surface area contributed by atoms with Crippen LogP contribution in [0.5, 0.6) is 5.75 Å². The summed E-state index contributed by atoms with van der Waals surface area (Å²) in [6, 6.07) is 11.6. The van der Waals surface area contributed by atoms with E-state index >= 15 is 0 Å². The number of nitrogens with one attached hydrogen (secondary N) is 1. The first kappa shape index (κ1) is 18.9. The molecule has 4 nitrogen and oxygen atoms in total. The molecule has 25 heavy (non-hydrogen) atoms. The molecule has 1 unspecified atom stereocenters. The van der Waals surface area contributed by atoms with E-state index in [0.29, 0.717) is 17.2 Å². The van der Waals surface area contributed by atoms with Crippen LogP contribution in [0.4, 0.5) is 4.39 Å². The summed E-state index contributed by atoms with van der Waals surface area (Å²) >= 11 is 5.88. The number of benzene rings is 2. The molecule has 0 aliphatic carbocycles. The van der Waals surface area contributed by atoms with Gasteiger partial charge in [-0.05, 0) is 42.2 Å². The van der Waals surface area contributed by atoms with Crippen LogP contribution >= 0.6 is 11.6 Å². The summed E-state index contributed by atoms with van der Waals surface area (Å²) in [6.45, 7) is 4.06. The van der Waals surface area contributed by atoms with E-state index < -0.39 is 11.7 Å². The predicted octanol–water partition coefficient (Wildman–Crippen LogP) is 4.52. The molecule has 0 fully saturated rings. The van der Waals surface area contributed by atoms with Crippen molar-refractivity contribution in [2.24, 2.45) is 5.10 Å². The number of carbonyl (C=O) groups excluding carboxylic acids is 1. The average molecular weight is 363 g/mol. The van der Waals surface area contributed by atoms with Crippen molar-refractivity contribution in [1.29, 1.82) is 0 Å². The van der Waals surface area contributed by atoms with E-state index in [1.807, 2.05) is 24.3 Å². The fourth-order valence-corrected chi connectivity index (χ4v) is 2.41. The van der Waals surface area contributed by atoms with Crippen molar-refractivity contribution in [2.45, 2.75) is 26.2 Å². The van der Waals surface area contributed by atoms with E-state index in [1.54, 1.807) is 0 Å². The van der Waals surface area contributed by atoms with Crippen molar-refractivity contribution in [2.75, 3.05) is 6.61 Å². The van der Waals surface area contributed by atoms with Gasteiger partial charge in [-0.2, -0.15) is 5.10 Å². The Hall–Kier alpha value is -2.40. The standard InChI is InChI=1S/C19H20ClFN2O2/c1-3-13(2)16-6-4-5-7-18(16)25-12-19(24)23-22-11-14-8-9-15(21)10-17(14)20/h4-11,13H,3,12H2,1-2H3,(H,23,24). The molecule has 0 aromatic heterocycles. The smallest absolute Gasteiger partial charge is 0.277 e. The lowest BCUT2D eigenvalue weighted by molar-refractivity contribution is -0.123. The van der Waals surface area contributed by atoms with Crippen molar-refractivity contribution >= 4 is 23.7 Å². The molecule has 6 heteroatoms. The van der Waals surface area contributed by atoms with Crippen LogP contribution < -0.4 is 10.2 Å². The zero-order chi connectivity index (χ0) is 18.2. The number of halogens is 2. The zero-order valence-electron chi connectivity index (χ0n) is 14.1. The maximum atomic E-state index is 13.0. The maximum Gasteiger partial charge on any atom is 0.277 e. The van der Waals surface area contributed by atoms with E-state index in [9.17, 15) is 9.18 Å². The van der Waals surface area contributed by atoms with Crippen LogP contribution in [0.1, 0.15) is 37.3 Å². The molecule has 1 N–H and O–H groups in total. The lowest BCUT2D eigenvalue weighted by Gasteiger charge is -2.15. The van der Waals surface area contributed by atoms with Crippen molar-refractivity contribution in [3.8, 4) is 5.75 Å². The topological polar surface area (TPSA) is 50.7 Å². The molecule has 0 bridgehead atoms. The molecule has 0 aliphatic heterocycles. The second-order valence-electron chi connectivity index (χ2n) is 5.59. The highest BCUT2D eigenvalue weighted by atomic mass is 35.5. The number of hydrogen-bond donors (Lipinski definition) is 1. The third kappa shape index (κ3) is 5.57. The van der Waals surface area contributed by atoms with Crippen molar-refractivity contribution in [3.63, 3.8) is 0 Å². The zero-order valence-corrected chi connectivity index (χ0v) is 14.9. The number of para-hydroxylation sites is 1. The first-order valence-electron chi connectivity index (χ1n) is 8.00. The van der Waals surface area contributed by atoms with Gasteiger partial charge in [0.1, 0.15) is 11.6 Å². The Labute approximate surface area is 151 Å². The fourth-order valence-electron chi connectivity index (χ4n) is 2.19. The van der Waals surface area contributed by atoms with Gasteiger partial charge in [-0.1, -0.05) is 43.6 Å². The minimum absolute atomic E-state index is 0.151. The predicted molar refractivity (Wildman–Crippen MR) is 97.8 cm³/mol. The van der Waals surface area contributed by atoms with Crippen LogP contribution in [0.15, 0.2) is 47.6 Å². The Morgan fingerprint density at radius 1 is 1.36 bits per heavy atom. The summed E-state index contributed by atoms with van der Waals surface area (Å²) in [6.07, 6.45) is 2.34. The Morgan fingerprint density at radius 2 is 2.12 bits per heavy atom. The Kier molecular flexibility index (Phi) is 6.95. The lowest BCUT2D eigenvalue weighted by Crippen LogP contribution is -2.25. The number of hydrazone groups is 1. The number of hydrogen-bond acceptors (Lipinski definition) is 3. The molecule has 132 valence electrons. The first-order chi connectivity index (χ1) is 12.0. The molecule has 1 atom stereocenters. The molecule has 0 heterocycles. The largest absolute Gasteiger partial charge is 0.483 e. The average Bonchev–Trinajstić information content (AvgIpc) is 2.61. The molecule has 2 aromatic rings. The van der Waals surface area contributed by atoms with Crippen LogP contribution in [0.2, 0.25) is 5.02 Å². The van der Waals surface area contributed by atoms with Gasteiger partial charge in [0.25, 0.3) is 5.91 Å². The summed E-state index contributed by atoms with van der Waals surface area (Å²) in [5.41, 5.74) is 3.93. The summed E-state index contributed by atoms with van der Waals surface area (Å²) in [5, 5.41) is 4.03. The van der Waals surface area contributed by atoms with E-state index in [-0.39, 0.29) is 11.6 Å². The minimum atomic E-state index is -0.431. The molecule has 2 rings (SSSR count). The van der Waals surface area contributed by atoms with Crippen molar-refractivity contribution in [3.05, 3.63) is 64.4 Å². The molecule has 0 saturated carbocycles. The maximum absolute atomic E-state index is 13.0. The van der Waals surface area contributed by atoms with E-state index in [0.717, 1.165) is 12.0 Å². The SMILES string of the molecule is CCC(C)c1ccccc1OCC(=O)NN=Cc1ccc(F)cc1Cl. The summed E-state index contributed by atoms with van der Waals surface area (Å²) in [5.74, 6) is 0.212. The summed E-state index contributed by atoms with van der Waals surface area (Å²) in [4.78, 5) is 11.9. The number of carbonyl (C=O) groups is 1. The van der Waals surface area contributed by atoms with Crippen molar-refractivity contribution < 1.29 is 13.9 Å². The Bertz CT molecular complexity index is 765. The van der Waals surface area contributed by atoms with Crippen LogP contribution in [-0.4, -0.2) is 18.7 Å². The van der Waals surface area contributed by atoms with Gasteiger partial charge in [0, 0.05) is 5.56 Å². The number of ether oxygens (including phenoxy) is 1. The van der Waals surface area contributed by atoms with E-state index in [2.05, 4.69) is 24.4 Å². The highest BCUT2D eigenvalue weighted by Gasteiger charge is 2.10. The van der Waals surface area contributed by atoms with Gasteiger partial charge < -0.3 is 4.74 Å². The Morgan fingerprint density at radius 3 is 2.84 bits per heavy atom. The monoisotopic (exact) mass is 362 g/mol. The lowest BCUT2D eigenvalue weighted by atomic mass is 9.98. The minimum Gasteiger partial charge on any atom is -0.483 e. The van der Waals surface area contributed by atoms with Crippen LogP contribution in [0.3, 0.4) is 0 Å². The van der Waals surface area contributed by atoms with Gasteiger partial charge in [-0.25, -0.2) is 9.82 Å². The first-order valence-corrected chi connectivity index (χ1v) is 8.37. The van der Waals surface area contributed by atoms with E-state index in [4.69, 9.17) is 16.3 Å². The molecule has 2 aromatic carbocycles. The second-order valence-corrected chi connectivity index (χ2v) is 6.00. The summed E-state index contributed by atoms with van der Waals surface area (Å²) in [7, 11) is 0. The highest BCUT2D eigenvalue weighted by molar-refractivity contribution is 6.33. The number of rotatable bonds is 7. The fraction of sp³-hybridized carbons (Fsp3) is 0.263. The van der Waals surface area contributed by atoms with Crippen molar-refractivity contribution in [1.82, 2.24) is 5.43 Å².